The predicted molar refractivity (Wildman–Crippen MR) is 93.5 cm³/mol. The van der Waals surface area contributed by atoms with Gasteiger partial charge in [-0.2, -0.15) is 5.26 Å². The summed E-state index contributed by atoms with van der Waals surface area (Å²) >= 11 is 0. The Kier molecular flexibility index (Phi) is 5.34. The first-order chi connectivity index (χ1) is 11.7. The molecule has 0 spiro atoms. The van der Waals surface area contributed by atoms with E-state index in [4.69, 9.17) is 0 Å². The molecule has 0 aliphatic carbocycles. The van der Waals surface area contributed by atoms with Crippen molar-refractivity contribution in [1.82, 2.24) is 9.88 Å². The zero-order valence-corrected chi connectivity index (χ0v) is 14.4. The number of rotatable bonds is 2. The van der Waals surface area contributed by atoms with Gasteiger partial charge in [0.25, 0.3) is 0 Å². The lowest BCUT2D eigenvalue weighted by atomic mass is 9.86. The molecule has 2 aliphatic heterocycles. The molecular formula is C19H26N4O. The lowest BCUT2D eigenvalue weighted by Gasteiger charge is -2.40. The van der Waals surface area contributed by atoms with Crippen LogP contribution in [-0.4, -0.2) is 41.5 Å². The van der Waals surface area contributed by atoms with Gasteiger partial charge in [-0.05, 0) is 43.7 Å². The fraction of sp³-hybridized carbons (Fsp3) is 0.632. The molecule has 0 bridgehead atoms. The highest BCUT2D eigenvalue weighted by Crippen LogP contribution is 2.32. The number of carbonyl (C=O) groups is 1. The molecule has 0 N–H and O–H groups in total. The van der Waals surface area contributed by atoms with E-state index in [-0.39, 0.29) is 5.91 Å². The molecule has 0 saturated carbocycles. The molecule has 0 aromatic carbocycles. The summed E-state index contributed by atoms with van der Waals surface area (Å²) < 4.78 is 0. The predicted octanol–water partition coefficient (Wildman–Crippen LogP) is 2.96. The lowest BCUT2D eigenvalue weighted by molar-refractivity contribution is -0.132. The molecule has 1 amide bonds. The third kappa shape index (κ3) is 3.53. The van der Waals surface area contributed by atoms with Crippen molar-refractivity contribution in [2.45, 2.75) is 51.5 Å². The fourth-order valence-corrected chi connectivity index (χ4v) is 4.25. The molecular weight excluding hydrogens is 300 g/mol. The maximum atomic E-state index is 12.0. The van der Waals surface area contributed by atoms with Crippen molar-refractivity contribution < 1.29 is 4.79 Å². The molecule has 1 aromatic heterocycles. The molecule has 128 valence electrons. The van der Waals surface area contributed by atoms with E-state index >= 15 is 0 Å². The van der Waals surface area contributed by atoms with Crippen molar-refractivity contribution in [2.75, 3.05) is 24.5 Å². The first-order valence-corrected chi connectivity index (χ1v) is 9.08. The van der Waals surface area contributed by atoms with Crippen LogP contribution in [0.3, 0.4) is 0 Å². The molecule has 3 heterocycles. The first-order valence-electron chi connectivity index (χ1n) is 9.08. The van der Waals surface area contributed by atoms with Gasteiger partial charge >= 0.3 is 0 Å². The highest BCUT2D eigenvalue weighted by atomic mass is 16.2. The molecule has 3 rings (SSSR count). The molecule has 0 radical (unpaired) electrons. The lowest BCUT2D eigenvalue weighted by Crippen LogP contribution is -2.47. The second-order valence-corrected chi connectivity index (χ2v) is 6.94. The Balaban J connectivity index is 1.68. The van der Waals surface area contributed by atoms with Crippen LogP contribution in [0.15, 0.2) is 18.3 Å². The van der Waals surface area contributed by atoms with Gasteiger partial charge in [0.05, 0.1) is 5.56 Å². The summed E-state index contributed by atoms with van der Waals surface area (Å²) in [5.74, 6) is 1.60. The van der Waals surface area contributed by atoms with Crippen LogP contribution in [-0.2, 0) is 4.79 Å². The Morgan fingerprint density at radius 2 is 2.00 bits per heavy atom. The van der Waals surface area contributed by atoms with E-state index < -0.39 is 0 Å². The van der Waals surface area contributed by atoms with Gasteiger partial charge in [-0.15, -0.1) is 0 Å². The standard InChI is InChI=1S/C19H26N4O/c1-15(24)23-11-4-2-3-7-18(23)16-8-12-22(13-9-16)19-17(14-20)6-5-10-21-19/h5-6,10,16,18H,2-4,7-9,11-13H2,1H3. The second-order valence-electron chi connectivity index (χ2n) is 6.94. The maximum absolute atomic E-state index is 12.0. The Bertz CT molecular complexity index is 616. The number of hydrogen-bond donors (Lipinski definition) is 0. The van der Waals surface area contributed by atoms with Gasteiger partial charge in [0.15, 0.2) is 0 Å². The fourth-order valence-electron chi connectivity index (χ4n) is 4.25. The molecule has 2 aliphatic rings. The molecule has 24 heavy (non-hydrogen) atoms. The van der Waals surface area contributed by atoms with Crippen LogP contribution in [0.2, 0.25) is 0 Å². The van der Waals surface area contributed by atoms with Crippen LogP contribution in [0.25, 0.3) is 0 Å². The van der Waals surface area contributed by atoms with E-state index in [9.17, 15) is 10.1 Å². The van der Waals surface area contributed by atoms with Crippen molar-refractivity contribution >= 4 is 11.7 Å². The number of nitrogens with zero attached hydrogens (tertiary/aromatic N) is 4. The van der Waals surface area contributed by atoms with Crippen molar-refractivity contribution in [2.24, 2.45) is 5.92 Å². The number of likely N-dealkylation sites (tertiary alicyclic amines) is 1. The topological polar surface area (TPSA) is 60.2 Å². The molecule has 1 aromatic rings. The minimum atomic E-state index is 0.223. The van der Waals surface area contributed by atoms with Crippen molar-refractivity contribution in [3.8, 4) is 6.07 Å². The van der Waals surface area contributed by atoms with Gasteiger partial charge in [-0.25, -0.2) is 4.98 Å². The van der Waals surface area contributed by atoms with E-state index in [2.05, 4.69) is 20.9 Å². The van der Waals surface area contributed by atoms with Crippen LogP contribution in [0, 0.1) is 17.2 Å². The average molecular weight is 326 g/mol. The van der Waals surface area contributed by atoms with Gasteiger partial charge in [0.2, 0.25) is 5.91 Å². The highest BCUT2D eigenvalue weighted by Gasteiger charge is 2.33. The first kappa shape index (κ1) is 16.8. The zero-order valence-electron chi connectivity index (χ0n) is 14.4. The number of anilines is 1. The summed E-state index contributed by atoms with van der Waals surface area (Å²) in [5, 5.41) is 9.27. The van der Waals surface area contributed by atoms with E-state index in [0.717, 1.165) is 51.1 Å². The molecule has 2 saturated heterocycles. The van der Waals surface area contributed by atoms with E-state index in [1.165, 1.54) is 12.8 Å². The van der Waals surface area contributed by atoms with Crippen molar-refractivity contribution in [3.63, 3.8) is 0 Å². The Hall–Kier alpha value is -2.09. The maximum Gasteiger partial charge on any atom is 0.219 e. The number of amides is 1. The monoisotopic (exact) mass is 326 g/mol. The number of hydrogen-bond acceptors (Lipinski definition) is 4. The van der Waals surface area contributed by atoms with Crippen molar-refractivity contribution in [1.29, 1.82) is 5.26 Å². The largest absolute Gasteiger partial charge is 0.356 e. The number of piperidine rings is 1. The summed E-state index contributed by atoms with van der Waals surface area (Å²) in [6, 6.07) is 6.28. The van der Waals surface area contributed by atoms with Gasteiger partial charge in [0, 0.05) is 38.8 Å². The second kappa shape index (κ2) is 7.65. The van der Waals surface area contributed by atoms with Gasteiger partial charge in [-0.3, -0.25) is 4.79 Å². The Morgan fingerprint density at radius 1 is 1.21 bits per heavy atom. The van der Waals surface area contributed by atoms with E-state index in [1.807, 2.05) is 12.1 Å². The zero-order chi connectivity index (χ0) is 16.9. The number of nitriles is 1. The molecule has 5 nitrogen and oxygen atoms in total. The summed E-state index contributed by atoms with van der Waals surface area (Å²) in [4.78, 5) is 20.8. The summed E-state index contributed by atoms with van der Waals surface area (Å²) in [6.45, 7) is 4.46. The quantitative estimate of drug-likeness (QED) is 0.838. The minimum absolute atomic E-state index is 0.223. The third-order valence-corrected chi connectivity index (χ3v) is 5.49. The SMILES string of the molecule is CC(=O)N1CCCCCC1C1CCN(c2ncccc2C#N)CC1. The van der Waals surface area contributed by atoms with Crippen LogP contribution in [0.1, 0.15) is 51.0 Å². The number of aromatic nitrogens is 1. The van der Waals surface area contributed by atoms with Gasteiger partial charge in [-0.1, -0.05) is 12.8 Å². The Morgan fingerprint density at radius 3 is 2.71 bits per heavy atom. The van der Waals surface area contributed by atoms with Crippen molar-refractivity contribution in [3.05, 3.63) is 23.9 Å². The summed E-state index contributed by atoms with van der Waals surface area (Å²) in [7, 11) is 0. The van der Waals surface area contributed by atoms with E-state index in [0.29, 0.717) is 17.5 Å². The average Bonchev–Trinajstić information content (AvgIpc) is 2.88. The minimum Gasteiger partial charge on any atom is -0.356 e. The normalized spacial score (nSPS) is 22.8. The van der Waals surface area contributed by atoms with Crippen LogP contribution >= 0.6 is 0 Å². The number of pyridine rings is 1. The van der Waals surface area contributed by atoms with Gasteiger partial charge < -0.3 is 9.80 Å². The van der Waals surface area contributed by atoms with Crippen LogP contribution in [0.4, 0.5) is 5.82 Å². The summed E-state index contributed by atoms with van der Waals surface area (Å²) in [6.07, 6.45) is 8.62. The van der Waals surface area contributed by atoms with Crippen LogP contribution < -0.4 is 4.90 Å². The molecule has 1 atom stereocenters. The highest BCUT2D eigenvalue weighted by molar-refractivity contribution is 5.73. The molecule has 1 unspecified atom stereocenters. The summed E-state index contributed by atoms with van der Waals surface area (Å²) in [5.41, 5.74) is 0.649. The Labute approximate surface area is 144 Å². The van der Waals surface area contributed by atoms with Crippen LogP contribution in [0.5, 0.6) is 0 Å². The smallest absolute Gasteiger partial charge is 0.219 e. The molecule has 2 fully saturated rings. The molecule has 5 heteroatoms. The van der Waals surface area contributed by atoms with Gasteiger partial charge in [0.1, 0.15) is 11.9 Å². The van der Waals surface area contributed by atoms with E-state index in [1.54, 1.807) is 13.1 Å². The third-order valence-electron chi connectivity index (χ3n) is 5.49. The number of carbonyl (C=O) groups excluding carboxylic acids is 1.